The van der Waals surface area contributed by atoms with Gasteiger partial charge in [-0.15, -0.1) is 0 Å². The van der Waals surface area contributed by atoms with E-state index in [1.807, 2.05) is 55.5 Å². The molecule has 0 fully saturated rings. The van der Waals surface area contributed by atoms with Crippen LogP contribution in [0.2, 0.25) is 0 Å². The topological polar surface area (TPSA) is 63.6 Å². The first-order valence-corrected chi connectivity index (χ1v) is 9.17. The van der Waals surface area contributed by atoms with Crippen LogP contribution in [0.5, 0.6) is 0 Å². The predicted molar refractivity (Wildman–Crippen MR) is 110 cm³/mol. The zero-order valence-corrected chi connectivity index (χ0v) is 16.2. The highest BCUT2D eigenvalue weighted by molar-refractivity contribution is 8.13. The van der Waals surface area contributed by atoms with Gasteiger partial charge in [0.25, 0.3) is 0 Å². The molecule has 0 atom stereocenters. The van der Waals surface area contributed by atoms with Gasteiger partial charge in [0.15, 0.2) is 5.17 Å². The summed E-state index contributed by atoms with van der Waals surface area (Å²) in [6, 6.07) is 6.16. The third-order valence-corrected chi connectivity index (χ3v) is 5.22. The average Bonchev–Trinajstić information content (AvgIpc) is 3.26. The molecule has 0 amide bonds. The number of nitrogens with zero attached hydrogens (tertiary/aromatic N) is 7. The molecule has 1 aliphatic rings. The van der Waals surface area contributed by atoms with Crippen molar-refractivity contribution in [2.45, 2.75) is 4.90 Å². The van der Waals surface area contributed by atoms with Crippen LogP contribution in [0.15, 0.2) is 76.3 Å². The van der Waals surface area contributed by atoms with Crippen molar-refractivity contribution < 1.29 is 0 Å². The summed E-state index contributed by atoms with van der Waals surface area (Å²) in [6.45, 7) is 4.10. The van der Waals surface area contributed by atoms with E-state index in [1.165, 1.54) is 0 Å². The van der Waals surface area contributed by atoms with Crippen molar-refractivity contribution in [2.24, 2.45) is 24.2 Å². The Bertz CT molecular complexity index is 1120. The van der Waals surface area contributed by atoms with E-state index < -0.39 is 0 Å². The second-order valence-electron chi connectivity index (χ2n) is 6.14. The number of fused-ring (bicyclic) bond motifs is 1. The highest BCUT2D eigenvalue weighted by atomic mass is 32.2. The Hall–Kier alpha value is -3.13. The summed E-state index contributed by atoms with van der Waals surface area (Å²) < 4.78 is 3.76. The second-order valence-corrected chi connectivity index (χ2v) is 7.18. The standard InChI is InChI=1S/C19H19N7S/c1-13-5-7-16(14-10-22-25(4)11-14)23-26(13)19(20-2)27-15-6-8-17-18(9-15)24(3)12-21-17/h5-12H,1H2,2-4H3. The van der Waals surface area contributed by atoms with Gasteiger partial charge in [-0.1, -0.05) is 18.3 Å². The average molecular weight is 377 g/mol. The molecule has 27 heavy (non-hydrogen) atoms. The minimum atomic E-state index is 0.743. The maximum Gasteiger partial charge on any atom is 0.189 e. The molecule has 0 spiro atoms. The molecule has 1 aromatic carbocycles. The van der Waals surface area contributed by atoms with Crippen LogP contribution in [-0.4, -0.2) is 42.3 Å². The maximum atomic E-state index is 4.72. The van der Waals surface area contributed by atoms with Crippen molar-refractivity contribution in [3.63, 3.8) is 0 Å². The molecule has 0 radical (unpaired) electrons. The van der Waals surface area contributed by atoms with Gasteiger partial charge in [-0.25, -0.2) is 9.99 Å². The van der Waals surface area contributed by atoms with Gasteiger partial charge in [0.05, 0.1) is 35.0 Å². The maximum absolute atomic E-state index is 4.72. The Kier molecular flexibility index (Phi) is 4.41. The fraction of sp³-hybridized carbons (Fsp3) is 0.158. The van der Waals surface area contributed by atoms with E-state index in [9.17, 15) is 0 Å². The Balaban J connectivity index is 1.64. The fourth-order valence-corrected chi connectivity index (χ4v) is 3.64. The van der Waals surface area contributed by atoms with Crippen molar-refractivity contribution in [1.29, 1.82) is 0 Å². The van der Waals surface area contributed by atoms with Gasteiger partial charge in [0, 0.05) is 37.8 Å². The number of imidazole rings is 1. The molecule has 0 unspecified atom stereocenters. The van der Waals surface area contributed by atoms with Crippen LogP contribution in [0.3, 0.4) is 0 Å². The van der Waals surface area contributed by atoms with E-state index in [-0.39, 0.29) is 0 Å². The van der Waals surface area contributed by atoms with Gasteiger partial charge in [-0.05, 0) is 30.4 Å². The molecule has 7 nitrogen and oxygen atoms in total. The summed E-state index contributed by atoms with van der Waals surface area (Å²) in [6.07, 6.45) is 9.42. The number of benzene rings is 1. The first kappa shape index (κ1) is 17.3. The van der Waals surface area contributed by atoms with Crippen molar-refractivity contribution in [3.05, 3.63) is 66.9 Å². The number of amidine groups is 1. The summed E-state index contributed by atoms with van der Waals surface area (Å²) in [4.78, 5) is 9.87. The van der Waals surface area contributed by atoms with Crippen molar-refractivity contribution in [2.75, 3.05) is 7.05 Å². The molecule has 0 bridgehead atoms. The number of aryl methyl sites for hydroxylation is 2. The lowest BCUT2D eigenvalue weighted by atomic mass is 10.2. The zero-order valence-electron chi connectivity index (χ0n) is 15.4. The number of aromatic nitrogens is 4. The number of hydrogen-bond donors (Lipinski definition) is 0. The van der Waals surface area contributed by atoms with Crippen molar-refractivity contribution >= 4 is 33.7 Å². The SMILES string of the molecule is C=C1C=CC(c2cnn(C)c2)=NN1C(=NC)Sc1ccc2ncn(C)c2c1. The van der Waals surface area contributed by atoms with Crippen LogP contribution in [-0.2, 0) is 14.1 Å². The van der Waals surface area contributed by atoms with Crippen molar-refractivity contribution in [3.8, 4) is 0 Å². The smallest absolute Gasteiger partial charge is 0.189 e. The molecule has 2 aromatic heterocycles. The molecule has 3 heterocycles. The number of hydrazone groups is 1. The molecule has 1 aliphatic heterocycles. The lowest BCUT2D eigenvalue weighted by molar-refractivity contribution is 0.577. The Morgan fingerprint density at radius 1 is 1.22 bits per heavy atom. The summed E-state index contributed by atoms with van der Waals surface area (Å²) in [5.41, 5.74) is 4.58. The molecule has 136 valence electrons. The van der Waals surface area contributed by atoms with Crippen LogP contribution in [0.4, 0.5) is 0 Å². The minimum Gasteiger partial charge on any atom is -0.334 e. The summed E-state index contributed by atoms with van der Waals surface area (Å²) in [5, 5.41) is 11.4. The van der Waals surface area contributed by atoms with E-state index in [0.29, 0.717) is 0 Å². The Labute approximate surface area is 161 Å². The lowest BCUT2D eigenvalue weighted by Crippen LogP contribution is -2.25. The largest absolute Gasteiger partial charge is 0.334 e. The first-order valence-electron chi connectivity index (χ1n) is 8.35. The quantitative estimate of drug-likeness (QED) is 0.391. The highest BCUT2D eigenvalue weighted by Gasteiger charge is 2.19. The van der Waals surface area contributed by atoms with Crippen LogP contribution in [0, 0.1) is 0 Å². The van der Waals surface area contributed by atoms with E-state index in [2.05, 4.69) is 27.7 Å². The first-order chi connectivity index (χ1) is 13.0. The van der Waals surface area contributed by atoms with Gasteiger partial charge < -0.3 is 4.57 Å². The van der Waals surface area contributed by atoms with Gasteiger partial charge in [-0.3, -0.25) is 9.67 Å². The van der Waals surface area contributed by atoms with E-state index in [1.54, 1.807) is 34.7 Å². The Morgan fingerprint density at radius 3 is 2.81 bits per heavy atom. The predicted octanol–water partition coefficient (Wildman–Crippen LogP) is 3.17. The molecule has 4 rings (SSSR count). The number of thioether (sulfide) groups is 1. The van der Waals surface area contributed by atoms with Gasteiger partial charge >= 0.3 is 0 Å². The minimum absolute atomic E-state index is 0.743. The molecule has 0 N–H and O–H groups in total. The molecule has 3 aromatic rings. The van der Waals surface area contributed by atoms with Crippen LogP contribution in [0.25, 0.3) is 11.0 Å². The number of hydrogen-bond acceptors (Lipinski definition) is 5. The van der Waals surface area contributed by atoms with Crippen LogP contribution < -0.4 is 0 Å². The zero-order chi connectivity index (χ0) is 19.0. The number of aliphatic imine (C=N–C) groups is 1. The molecular weight excluding hydrogens is 358 g/mol. The lowest BCUT2D eigenvalue weighted by Gasteiger charge is -2.24. The van der Waals surface area contributed by atoms with Gasteiger partial charge in [0.2, 0.25) is 0 Å². The molecule has 0 saturated heterocycles. The normalized spacial score (nSPS) is 14.9. The second kappa shape index (κ2) is 6.88. The van der Waals surface area contributed by atoms with E-state index in [0.717, 1.165) is 38.1 Å². The Morgan fingerprint density at radius 2 is 2.07 bits per heavy atom. The summed E-state index contributed by atoms with van der Waals surface area (Å²) in [7, 11) is 5.63. The molecular formula is C19H19N7S. The third-order valence-electron chi connectivity index (χ3n) is 4.19. The summed E-state index contributed by atoms with van der Waals surface area (Å²) in [5.74, 6) is 0. The number of rotatable bonds is 2. The van der Waals surface area contributed by atoms with Crippen LogP contribution in [0.1, 0.15) is 5.56 Å². The monoisotopic (exact) mass is 377 g/mol. The van der Waals surface area contributed by atoms with E-state index in [4.69, 9.17) is 5.10 Å². The molecule has 8 heteroatoms. The van der Waals surface area contributed by atoms with Crippen molar-refractivity contribution in [1.82, 2.24) is 24.3 Å². The van der Waals surface area contributed by atoms with E-state index >= 15 is 0 Å². The van der Waals surface area contributed by atoms with Gasteiger partial charge in [-0.2, -0.15) is 10.2 Å². The molecule has 0 aliphatic carbocycles. The molecule has 0 saturated carbocycles. The fourth-order valence-electron chi connectivity index (χ4n) is 2.78. The number of allylic oxidation sites excluding steroid dienone is 2. The third kappa shape index (κ3) is 3.31. The van der Waals surface area contributed by atoms with Crippen LogP contribution >= 0.6 is 11.8 Å². The summed E-state index contributed by atoms with van der Waals surface area (Å²) >= 11 is 1.54. The van der Waals surface area contributed by atoms with Gasteiger partial charge in [0.1, 0.15) is 0 Å². The highest BCUT2D eigenvalue weighted by Crippen LogP contribution is 2.28.